The van der Waals surface area contributed by atoms with E-state index >= 15 is 0 Å². The maximum atomic E-state index is 5.86. The minimum absolute atomic E-state index is 0.625. The average Bonchev–Trinajstić information content (AvgIpc) is 2.57. The van der Waals surface area contributed by atoms with Crippen LogP contribution >= 0.6 is 8.60 Å². The predicted molar refractivity (Wildman–Crippen MR) is 95.2 cm³/mol. The molecule has 0 N–H and O–H groups in total. The molecule has 0 radical (unpaired) electrons. The number of benzene rings is 2. The fraction of sp³-hybridized carbons (Fsp3) is 0.0526. The largest absolute Gasteiger partial charge is 0.530 e. The highest BCUT2D eigenvalue weighted by Crippen LogP contribution is 2.43. The molecule has 0 aliphatic carbocycles. The van der Waals surface area contributed by atoms with Crippen LogP contribution in [0.15, 0.2) is 97.3 Å². The monoisotopic (exact) mass is 326 g/mol. The molecule has 3 nitrogen and oxygen atoms in total. The fourth-order valence-electron chi connectivity index (χ4n) is 1.67. The topological polar surface area (TPSA) is 27.7 Å². The number of para-hydroxylation sites is 2. The molecule has 23 heavy (non-hydrogen) atoms. The first-order valence-corrected chi connectivity index (χ1v) is 8.31. The van der Waals surface area contributed by atoms with Crippen molar-refractivity contribution in [2.75, 3.05) is 0 Å². The van der Waals surface area contributed by atoms with Gasteiger partial charge in [-0.2, -0.15) is 0 Å². The molecule has 2 aromatic rings. The first-order valence-electron chi connectivity index (χ1n) is 7.21. The summed E-state index contributed by atoms with van der Waals surface area (Å²) in [6, 6.07) is 18.9. The van der Waals surface area contributed by atoms with Crippen LogP contribution in [-0.4, -0.2) is 0 Å². The maximum Gasteiger partial charge on any atom is 0.530 e. The summed E-state index contributed by atoms with van der Waals surface area (Å²) in [5.74, 6) is 2.00. The highest BCUT2D eigenvalue weighted by atomic mass is 31.2. The zero-order valence-corrected chi connectivity index (χ0v) is 13.9. The van der Waals surface area contributed by atoms with Crippen molar-refractivity contribution in [3.05, 3.63) is 97.3 Å². The molecule has 0 saturated carbocycles. The van der Waals surface area contributed by atoms with E-state index in [1.54, 1.807) is 12.2 Å². The molecule has 0 spiro atoms. The lowest BCUT2D eigenvalue weighted by Gasteiger charge is -2.18. The lowest BCUT2D eigenvalue weighted by molar-refractivity contribution is 0.340. The summed E-state index contributed by atoms with van der Waals surface area (Å²) in [6.07, 6.45) is 7.14. The molecular formula is C19H19O3P. The summed E-state index contributed by atoms with van der Waals surface area (Å²) < 4.78 is 17.6. The van der Waals surface area contributed by atoms with E-state index in [2.05, 4.69) is 6.58 Å². The second-order valence-corrected chi connectivity index (χ2v) is 5.42. The molecule has 2 rings (SSSR count). The second-order valence-electron chi connectivity index (χ2n) is 4.43. The smallest absolute Gasteiger partial charge is 0.409 e. The van der Waals surface area contributed by atoms with E-state index < -0.39 is 8.60 Å². The van der Waals surface area contributed by atoms with E-state index in [9.17, 15) is 0 Å². The quantitative estimate of drug-likeness (QED) is 0.336. The van der Waals surface area contributed by atoms with Gasteiger partial charge in [0.15, 0.2) is 0 Å². The van der Waals surface area contributed by atoms with Gasteiger partial charge in [-0.25, -0.2) is 0 Å². The van der Waals surface area contributed by atoms with Crippen molar-refractivity contribution >= 4 is 8.60 Å². The average molecular weight is 326 g/mol. The third-order valence-electron chi connectivity index (χ3n) is 2.64. The Morgan fingerprint density at radius 2 is 1.43 bits per heavy atom. The molecule has 0 aliphatic rings. The van der Waals surface area contributed by atoms with Gasteiger partial charge in [0.1, 0.15) is 17.3 Å². The van der Waals surface area contributed by atoms with Crippen LogP contribution < -0.4 is 9.05 Å². The van der Waals surface area contributed by atoms with E-state index in [1.165, 1.54) is 0 Å². The van der Waals surface area contributed by atoms with Gasteiger partial charge >= 0.3 is 8.60 Å². The summed E-state index contributed by atoms with van der Waals surface area (Å²) >= 11 is 0. The summed E-state index contributed by atoms with van der Waals surface area (Å²) in [5, 5.41) is 0. The maximum absolute atomic E-state index is 5.86. The van der Waals surface area contributed by atoms with Gasteiger partial charge in [-0.05, 0) is 43.3 Å². The van der Waals surface area contributed by atoms with Gasteiger partial charge in [0.2, 0.25) is 0 Å². The lowest BCUT2D eigenvalue weighted by atomic mass is 10.3. The molecule has 0 fully saturated rings. The minimum Gasteiger partial charge on any atom is -0.409 e. The Balaban J connectivity index is 2.16. The van der Waals surface area contributed by atoms with Gasteiger partial charge in [-0.3, -0.25) is 0 Å². The number of hydrogen-bond donors (Lipinski definition) is 0. The highest BCUT2D eigenvalue weighted by Gasteiger charge is 2.19. The molecule has 2 aromatic carbocycles. The Hall–Kier alpha value is -2.51. The van der Waals surface area contributed by atoms with E-state index in [0.29, 0.717) is 17.3 Å². The third kappa shape index (κ3) is 6.01. The van der Waals surface area contributed by atoms with Crippen molar-refractivity contribution in [3.63, 3.8) is 0 Å². The Bertz CT molecular complexity index is 609. The van der Waals surface area contributed by atoms with Crippen LogP contribution in [0.1, 0.15) is 6.92 Å². The van der Waals surface area contributed by atoms with Crippen molar-refractivity contribution in [1.82, 2.24) is 0 Å². The van der Waals surface area contributed by atoms with Crippen molar-refractivity contribution in [3.8, 4) is 11.5 Å². The van der Waals surface area contributed by atoms with E-state index in [1.807, 2.05) is 79.7 Å². The Labute approximate surface area is 138 Å². The lowest BCUT2D eigenvalue weighted by Crippen LogP contribution is -1.99. The summed E-state index contributed by atoms with van der Waals surface area (Å²) in [7, 11) is -1.64. The zero-order valence-electron chi connectivity index (χ0n) is 13.0. The molecule has 0 aromatic heterocycles. The van der Waals surface area contributed by atoms with E-state index in [4.69, 9.17) is 13.6 Å². The second kappa shape index (κ2) is 9.50. The normalized spacial score (nSPS) is 11.5. The van der Waals surface area contributed by atoms with Crippen LogP contribution in [0.4, 0.5) is 0 Å². The van der Waals surface area contributed by atoms with Crippen LogP contribution in [0.3, 0.4) is 0 Å². The molecule has 0 saturated heterocycles. The van der Waals surface area contributed by atoms with Gasteiger partial charge in [0.05, 0.1) is 0 Å². The Morgan fingerprint density at radius 3 is 1.87 bits per heavy atom. The number of allylic oxidation sites excluding steroid dienone is 4. The first kappa shape index (κ1) is 16.9. The summed E-state index contributed by atoms with van der Waals surface area (Å²) in [4.78, 5) is 0. The molecular weight excluding hydrogens is 307 g/mol. The number of rotatable bonds is 8. The van der Waals surface area contributed by atoms with Crippen molar-refractivity contribution in [2.24, 2.45) is 0 Å². The molecule has 0 aliphatic heterocycles. The predicted octanol–water partition coefficient (Wildman–Crippen LogP) is 6.03. The summed E-state index contributed by atoms with van der Waals surface area (Å²) in [5.41, 5.74) is 0. The van der Waals surface area contributed by atoms with Gasteiger partial charge in [-0.1, -0.05) is 55.1 Å². The summed E-state index contributed by atoms with van der Waals surface area (Å²) in [6.45, 7) is 5.61. The van der Waals surface area contributed by atoms with Crippen LogP contribution in [0.25, 0.3) is 0 Å². The van der Waals surface area contributed by atoms with Crippen molar-refractivity contribution < 1.29 is 13.6 Å². The first-order chi connectivity index (χ1) is 11.3. The zero-order chi connectivity index (χ0) is 16.3. The van der Waals surface area contributed by atoms with Crippen LogP contribution in [0.2, 0.25) is 0 Å². The van der Waals surface area contributed by atoms with Crippen LogP contribution in [0, 0.1) is 0 Å². The molecule has 118 valence electrons. The van der Waals surface area contributed by atoms with E-state index in [0.717, 1.165) is 0 Å². The highest BCUT2D eigenvalue weighted by molar-refractivity contribution is 7.42. The molecule has 0 amide bonds. The van der Waals surface area contributed by atoms with Crippen LogP contribution in [0.5, 0.6) is 11.5 Å². The van der Waals surface area contributed by atoms with Gasteiger partial charge in [-0.15, -0.1) is 0 Å². The SMILES string of the molecule is C=CC=C(C=CC)OP(Oc1ccccc1)Oc1ccccc1. The van der Waals surface area contributed by atoms with Crippen molar-refractivity contribution in [2.45, 2.75) is 6.92 Å². The third-order valence-corrected chi connectivity index (χ3v) is 3.72. The van der Waals surface area contributed by atoms with E-state index in [-0.39, 0.29) is 0 Å². The van der Waals surface area contributed by atoms with Crippen LogP contribution in [-0.2, 0) is 4.52 Å². The van der Waals surface area contributed by atoms with Crippen molar-refractivity contribution in [1.29, 1.82) is 0 Å². The molecule has 0 atom stereocenters. The van der Waals surface area contributed by atoms with Gasteiger partial charge in [0.25, 0.3) is 0 Å². The van der Waals surface area contributed by atoms with Gasteiger partial charge < -0.3 is 13.6 Å². The fourth-order valence-corrected chi connectivity index (χ4v) is 2.67. The Kier molecular flexibility index (Phi) is 6.96. The Morgan fingerprint density at radius 1 is 0.913 bits per heavy atom. The number of hydrogen-bond acceptors (Lipinski definition) is 3. The van der Waals surface area contributed by atoms with Gasteiger partial charge in [0, 0.05) is 0 Å². The molecule has 0 heterocycles. The molecule has 0 bridgehead atoms. The minimum atomic E-state index is -1.64. The molecule has 4 heteroatoms. The standard InChI is InChI=1S/C19H19O3P/c1-3-11-17(12-4-2)20-23(21-18-13-7-5-8-14-18)22-19-15-9-6-10-16-19/h3-16H,1H2,2H3. The molecule has 0 unspecified atom stereocenters.